The highest BCUT2D eigenvalue weighted by atomic mass is 19.4. The van der Waals surface area contributed by atoms with E-state index in [1.54, 1.807) is 53.1 Å². The maximum Gasteiger partial charge on any atom is 0.416 e. The smallest absolute Gasteiger partial charge is 0.308 e. The van der Waals surface area contributed by atoms with E-state index in [-0.39, 0.29) is 0 Å². The van der Waals surface area contributed by atoms with Gasteiger partial charge < -0.3 is 9.80 Å². The van der Waals surface area contributed by atoms with Crippen LogP contribution in [0.3, 0.4) is 0 Å². The molecule has 0 heterocycles. The summed E-state index contributed by atoms with van der Waals surface area (Å²) in [5.41, 5.74) is 0.0483. The molecule has 166 valence electrons. The molecule has 4 nitrogen and oxygen atoms in total. The molecular formula is C23H33F3N4. The van der Waals surface area contributed by atoms with Crippen molar-refractivity contribution in [1.29, 1.82) is 0 Å². The first-order chi connectivity index (χ1) is 14.4. The van der Waals surface area contributed by atoms with E-state index in [0.717, 1.165) is 37.8 Å². The maximum absolute atomic E-state index is 13.6. The lowest BCUT2D eigenvalue weighted by atomic mass is 10.1. The quantitative estimate of drug-likeness (QED) is 0.205. The Morgan fingerprint density at radius 3 is 1.57 bits per heavy atom. The molecule has 30 heavy (non-hydrogen) atoms. The van der Waals surface area contributed by atoms with Crippen molar-refractivity contribution in [3.05, 3.63) is 48.3 Å². The van der Waals surface area contributed by atoms with Crippen LogP contribution in [0.1, 0.15) is 58.9 Å². The second-order valence-corrected chi connectivity index (χ2v) is 6.77. The molecule has 1 rings (SSSR count). The van der Waals surface area contributed by atoms with E-state index in [1.165, 1.54) is 0 Å². The summed E-state index contributed by atoms with van der Waals surface area (Å²) < 4.78 is 40.8. The third-order valence-corrected chi connectivity index (χ3v) is 4.14. The number of nitrogens with zero attached hydrogens (tertiary/aromatic N) is 4. The fourth-order valence-electron chi connectivity index (χ4n) is 2.55. The summed E-state index contributed by atoms with van der Waals surface area (Å²) in [5, 5.41) is 0. The Bertz CT molecular complexity index is 684. The second kappa shape index (κ2) is 13.6. The number of rotatable bonds is 12. The zero-order chi connectivity index (χ0) is 22.4. The molecule has 1 aromatic carbocycles. The predicted octanol–water partition coefficient (Wildman–Crippen LogP) is 7.04. The van der Waals surface area contributed by atoms with Gasteiger partial charge in [-0.1, -0.05) is 38.8 Å². The molecule has 7 heteroatoms. The van der Waals surface area contributed by atoms with Gasteiger partial charge in [-0.15, -0.1) is 0 Å². The van der Waals surface area contributed by atoms with E-state index in [2.05, 4.69) is 23.8 Å². The van der Waals surface area contributed by atoms with E-state index in [4.69, 9.17) is 0 Å². The van der Waals surface area contributed by atoms with Crippen LogP contribution < -0.4 is 9.80 Å². The molecule has 0 spiro atoms. The average Bonchev–Trinajstić information content (AvgIpc) is 2.71. The van der Waals surface area contributed by atoms with Crippen LogP contribution in [0, 0.1) is 0 Å². The third kappa shape index (κ3) is 8.84. The summed E-state index contributed by atoms with van der Waals surface area (Å²) in [6.45, 7) is 9.02. The summed E-state index contributed by atoms with van der Waals surface area (Å²) in [7, 11) is 0. The maximum atomic E-state index is 13.6. The minimum atomic E-state index is -4.47. The first-order valence-corrected chi connectivity index (χ1v) is 10.4. The van der Waals surface area contributed by atoms with Crippen molar-refractivity contribution >= 4 is 24.1 Å². The summed E-state index contributed by atoms with van der Waals surface area (Å²) in [5.74, 6) is 0. The molecule has 0 fully saturated rings. The first-order valence-electron chi connectivity index (χ1n) is 10.4. The molecule has 1 aromatic rings. The summed E-state index contributed by atoms with van der Waals surface area (Å²) >= 11 is 0. The molecule has 0 bridgehead atoms. The zero-order valence-electron chi connectivity index (χ0n) is 18.4. The molecule has 0 aliphatic rings. The fourth-order valence-corrected chi connectivity index (χ4v) is 2.55. The van der Waals surface area contributed by atoms with Crippen LogP contribution in [0.25, 0.3) is 0 Å². The van der Waals surface area contributed by atoms with Gasteiger partial charge in [0.05, 0.1) is 18.2 Å². The lowest BCUT2D eigenvalue weighted by Gasteiger charge is -2.22. The zero-order valence-corrected chi connectivity index (χ0v) is 18.4. The number of hydrogen-bond donors (Lipinski definition) is 0. The van der Waals surface area contributed by atoms with E-state index in [0.29, 0.717) is 24.5 Å². The number of hydrogen-bond acceptors (Lipinski definition) is 2. The van der Waals surface area contributed by atoms with Gasteiger partial charge in [0.15, 0.2) is 0 Å². The number of alkyl halides is 3. The van der Waals surface area contributed by atoms with Crippen LogP contribution >= 0.6 is 0 Å². The van der Waals surface area contributed by atoms with Crippen LogP contribution in [0.5, 0.6) is 0 Å². The topological polar surface area (TPSA) is 31.2 Å². The second-order valence-electron chi connectivity index (χ2n) is 6.77. The van der Waals surface area contributed by atoms with Gasteiger partial charge in [-0.05, 0) is 44.9 Å². The van der Waals surface area contributed by atoms with E-state index < -0.39 is 11.7 Å². The molecule has 0 aliphatic carbocycles. The molecule has 0 radical (unpaired) electrons. The Kier molecular flexibility index (Phi) is 11.6. The summed E-state index contributed by atoms with van der Waals surface area (Å²) in [4.78, 5) is 11.9. The van der Waals surface area contributed by atoms with Gasteiger partial charge in [0.2, 0.25) is 0 Å². The number of allylic oxidation sites excluding steroid dienone is 2. The molecular weight excluding hydrogens is 389 g/mol. The Balaban J connectivity index is 3.41. The van der Waals surface area contributed by atoms with Gasteiger partial charge in [0.25, 0.3) is 0 Å². The van der Waals surface area contributed by atoms with Crippen molar-refractivity contribution in [2.75, 3.05) is 22.9 Å². The Morgan fingerprint density at radius 2 is 1.23 bits per heavy atom. The molecule has 0 atom stereocenters. The Labute approximate surface area is 178 Å². The van der Waals surface area contributed by atoms with Crippen molar-refractivity contribution in [1.82, 2.24) is 0 Å². The van der Waals surface area contributed by atoms with Crippen molar-refractivity contribution in [3.8, 4) is 0 Å². The average molecular weight is 423 g/mol. The minimum Gasteiger partial charge on any atom is -0.308 e. The van der Waals surface area contributed by atoms with Gasteiger partial charge in [-0.2, -0.15) is 13.2 Å². The van der Waals surface area contributed by atoms with Crippen LogP contribution in [0.2, 0.25) is 0 Å². The molecule has 0 amide bonds. The van der Waals surface area contributed by atoms with Gasteiger partial charge in [-0.3, -0.25) is 9.98 Å². The molecule has 0 aromatic heterocycles. The number of unbranched alkanes of at least 4 members (excludes halogenated alkanes) is 2. The van der Waals surface area contributed by atoms with Crippen molar-refractivity contribution in [3.63, 3.8) is 0 Å². The molecule has 0 unspecified atom stereocenters. The molecule has 0 saturated heterocycles. The largest absolute Gasteiger partial charge is 0.416 e. The van der Waals surface area contributed by atoms with E-state index in [1.807, 2.05) is 13.8 Å². The van der Waals surface area contributed by atoms with Crippen LogP contribution in [0.15, 0.2) is 52.7 Å². The SMILES string of the molecule is C/C=C\N(/C=N/CCCC)c1cc(N(/C=C\C)/C=N/CCCC)cc(C(F)(F)F)c1. The van der Waals surface area contributed by atoms with Crippen LogP contribution in [-0.2, 0) is 6.18 Å². The highest BCUT2D eigenvalue weighted by Gasteiger charge is 2.32. The number of halogens is 3. The van der Waals surface area contributed by atoms with E-state index >= 15 is 0 Å². The Hall–Kier alpha value is -2.57. The van der Waals surface area contributed by atoms with Crippen molar-refractivity contribution < 1.29 is 13.2 Å². The standard InChI is InChI=1S/C23H33F3N4/c1-5-9-11-27-18-29(13-7-3)21-15-20(23(24,25)26)16-22(17-21)30(14-8-4)19-28-12-10-6-2/h7-8,13-19H,5-6,9-12H2,1-4H3/b13-7-,14-8-,27-18+,28-19+. The normalized spacial score (nSPS) is 12.8. The summed E-state index contributed by atoms with van der Waals surface area (Å²) in [6, 6.07) is 3.97. The highest BCUT2D eigenvalue weighted by Crippen LogP contribution is 2.35. The molecule has 0 aliphatic heterocycles. The van der Waals surface area contributed by atoms with Crippen LogP contribution in [0.4, 0.5) is 24.5 Å². The van der Waals surface area contributed by atoms with Gasteiger partial charge in [0.1, 0.15) is 0 Å². The molecule has 0 saturated carbocycles. The highest BCUT2D eigenvalue weighted by molar-refractivity contribution is 5.87. The van der Waals surface area contributed by atoms with Gasteiger partial charge >= 0.3 is 6.18 Å². The van der Waals surface area contributed by atoms with Gasteiger partial charge in [-0.25, -0.2) is 0 Å². The minimum absolute atomic E-state index is 0.384. The molecule has 0 N–H and O–H groups in total. The number of anilines is 2. The van der Waals surface area contributed by atoms with Crippen molar-refractivity contribution in [2.45, 2.75) is 59.6 Å². The predicted molar refractivity (Wildman–Crippen MR) is 123 cm³/mol. The lowest BCUT2D eigenvalue weighted by molar-refractivity contribution is -0.137. The third-order valence-electron chi connectivity index (χ3n) is 4.14. The number of aliphatic imine (C=N–C) groups is 2. The monoisotopic (exact) mass is 422 g/mol. The number of benzene rings is 1. The lowest BCUT2D eigenvalue weighted by Crippen LogP contribution is -2.19. The van der Waals surface area contributed by atoms with Gasteiger partial charge in [0, 0.05) is 36.9 Å². The van der Waals surface area contributed by atoms with Crippen molar-refractivity contribution in [2.24, 2.45) is 9.98 Å². The Morgan fingerprint density at radius 1 is 0.800 bits per heavy atom. The fraction of sp³-hybridized carbons (Fsp3) is 0.478. The summed E-state index contributed by atoms with van der Waals surface area (Å²) in [6.07, 6.45) is 9.47. The van der Waals surface area contributed by atoms with E-state index in [9.17, 15) is 13.2 Å². The first kappa shape index (κ1) is 25.5. The van der Waals surface area contributed by atoms with Crippen LogP contribution in [-0.4, -0.2) is 25.8 Å².